The number of hydrogen-bond acceptors (Lipinski definition) is 3. The van der Waals surface area contributed by atoms with Crippen molar-refractivity contribution in [1.82, 2.24) is 5.32 Å². The van der Waals surface area contributed by atoms with Crippen LogP contribution in [-0.4, -0.2) is 25.0 Å². The summed E-state index contributed by atoms with van der Waals surface area (Å²) in [4.78, 5) is 22.9. The molecule has 0 bridgehead atoms. The van der Waals surface area contributed by atoms with Crippen LogP contribution in [-0.2, 0) is 14.3 Å². The van der Waals surface area contributed by atoms with Gasteiger partial charge in [0.1, 0.15) is 6.04 Å². The van der Waals surface area contributed by atoms with E-state index < -0.39 is 12.0 Å². The Morgan fingerprint density at radius 3 is 2.12 bits per heavy atom. The summed E-state index contributed by atoms with van der Waals surface area (Å²) in [6, 6.07) is -0.568. The summed E-state index contributed by atoms with van der Waals surface area (Å²) in [5.41, 5.74) is 0. The molecule has 0 aliphatic heterocycles. The first-order chi connectivity index (χ1) is 12.6. The van der Waals surface area contributed by atoms with Crippen molar-refractivity contribution in [3.05, 3.63) is 36.5 Å². The molecule has 1 unspecified atom stereocenters. The molecular formula is C22H37NO3. The van der Waals surface area contributed by atoms with E-state index in [1.54, 1.807) is 6.92 Å². The third-order valence-corrected chi connectivity index (χ3v) is 3.99. The Bertz CT molecular complexity index is 452. The molecule has 0 saturated carbocycles. The topological polar surface area (TPSA) is 55.4 Å². The van der Waals surface area contributed by atoms with E-state index in [0.717, 1.165) is 44.9 Å². The number of ether oxygens (including phenoxy) is 1. The summed E-state index contributed by atoms with van der Waals surface area (Å²) in [5, 5.41) is 2.65. The molecule has 0 aliphatic rings. The van der Waals surface area contributed by atoms with Crippen LogP contribution in [0.4, 0.5) is 0 Å². The Hall–Kier alpha value is -1.84. The van der Waals surface area contributed by atoms with E-state index in [0.29, 0.717) is 6.42 Å². The zero-order valence-electron chi connectivity index (χ0n) is 16.8. The predicted octanol–water partition coefficient (Wildman–Crippen LogP) is 5.25. The first-order valence-electron chi connectivity index (χ1n) is 9.94. The van der Waals surface area contributed by atoms with Gasteiger partial charge in [0.25, 0.3) is 0 Å². The molecule has 1 amide bonds. The van der Waals surface area contributed by atoms with Gasteiger partial charge in [-0.15, -0.1) is 0 Å². The molecule has 0 heterocycles. The number of carbonyl (C=O) groups is 2. The minimum atomic E-state index is -0.568. The predicted molar refractivity (Wildman–Crippen MR) is 109 cm³/mol. The summed E-state index contributed by atoms with van der Waals surface area (Å²) in [6.45, 7) is 3.78. The van der Waals surface area contributed by atoms with Gasteiger partial charge < -0.3 is 10.1 Å². The molecule has 148 valence electrons. The first-order valence-corrected chi connectivity index (χ1v) is 9.94. The SMILES string of the molecule is CCC=CCC=CCC=CCCCCCCCC(=O)NC(C)C(=O)OC. The van der Waals surface area contributed by atoms with Gasteiger partial charge >= 0.3 is 5.97 Å². The fraction of sp³-hybridized carbons (Fsp3) is 0.636. The van der Waals surface area contributed by atoms with E-state index in [2.05, 4.69) is 53.4 Å². The molecule has 0 aliphatic carbocycles. The number of carbonyl (C=O) groups excluding carboxylic acids is 2. The second-order valence-corrected chi connectivity index (χ2v) is 6.41. The molecule has 0 fully saturated rings. The van der Waals surface area contributed by atoms with Crippen molar-refractivity contribution in [3.8, 4) is 0 Å². The largest absolute Gasteiger partial charge is 0.467 e. The monoisotopic (exact) mass is 363 g/mol. The van der Waals surface area contributed by atoms with Crippen LogP contribution in [0.2, 0.25) is 0 Å². The van der Waals surface area contributed by atoms with Crippen molar-refractivity contribution in [2.45, 2.75) is 84.1 Å². The Morgan fingerprint density at radius 2 is 1.46 bits per heavy atom. The average molecular weight is 364 g/mol. The second kappa shape index (κ2) is 18.0. The molecule has 0 aromatic carbocycles. The van der Waals surface area contributed by atoms with Crippen molar-refractivity contribution in [2.24, 2.45) is 0 Å². The van der Waals surface area contributed by atoms with Gasteiger partial charge in [0.2, 0.25) is 5.91 Å². The maximum Gasteiger partial charge on any atom is 0.328 e. The van der Waals surface area contributed by atoms with Gasteiger partial charge in [-0.05, 0) is 45.4 Å². The van der Waals surface area contributed by atoms with E-state index >= 15 is 0 Å². The van der Waals surface area contributed by atoms with Crippen molar-refractivity contribution in [1.29, 1.82) is 0 Å². The minimum Gasteiger partial charge on any atom is -0.467 e. The number of allylic oxidation sites excluding steroid dienone is 6. The summed E-state index contributed by atoms with van der Waals surface area (Å²) in [5.74, 6) is -0.487. The standard InChI is InChI=1S/C22H37NO3/c1-4-5-6-7-8-9-10-11-12-13-14-15-16-17-18-19-21(24)23-20(2)22(25)26-3/h5-6,8-9,11-12,20H,4,7,10,13-19H2,1-3H3,(H,23,24). The number of methoxy groups -OCH3 is 1. The van der Waals surface area contributed by atoms with Crippen molar-refractivity contribution in [3.63, 3.8) is 0 Å². The van der Waals surface area contributed by atoms with Gasteiger partial charge in [-0.1, -0.05) is 62.6 Å². The van der Waals surface area contributed by atoms with Crippen LogP contribution in [0.25, 0.3) is 0 Å². The molecule has 4 nitrogen and oxygen atoms in total. The smallest absolute Gasteiger partial charge is 0.328 e. The van der Waals surface area contributed by atoms with Gasteiger partial charge in [0.05, 0.1) is 7.11 Å². The molecule has 1 N–H and O–H groups in total. The molecule has 0 saturated heterocycles. The fourth-order valence-electron chi connectivity index (χ4n) is 2.45. The lowest BCUT2D eigenvalue weighted by molar-refractivity contribution is -0.144. The summed E-state index contributed by atoms with van der Waals surface area (Å²) in [6.07, 6.45) is 23.5. The number of unbranched alkanes of at least 4 members (excludes halogenated alkanes) is 5. The van der Waals surface area contributed by atoms with E-state index in [4.69, 9.17) is 0 Å². The molecule has 0 radical (unpaired) electrons. The van der Waals surface area contributed by atoms with Crippen LogP contribution in [0.5, 0.6) is 0 Å². The molecule has 0 aromatic rings. The summed E-state index contributed by atoms with van der Waals surface area (Å²) >= 11 is 0. The lowest BCUT2D eigenvalue weighted by Gasteiger charge is -2.11. The quantitative estimate of drug-likeness (QED) is 0.245. The van der Waals surface area contributed by atoms with Crippen LogP contribution in [0.15, 0.2) is 36.5 Å². The van der Waals surface area contributed by atoms with Crippen LogP contribution in [0.1, 0.15) is 78.1 Å². The molecular weight excluding hydrogens is 326 g/mol. The fourth-order valence-corrected chi connectivity index (χ4v) is 2.45. The van der Waals surface area contributed by atoms with E-state index in [9.17, 15) is 9.59 Å². The van der Waals surface area contributed by atoms with Gasteiger partial charge in [-0.3, -0.25) is 4.79 Å². The Balaban J connectivity index is 3.45. The van der Waals surface area contributed by atoms with E-state index in [1.807, 2.05) is 0 Å². The minimum absolute atomic E-state index is 0.0796. The Kier molecular flexibility index (Phi) is 16.7. The molecule has 0 rings (SSSR count). The lowest BCUT2D eigenvalue weighted by atomic mass is 10.1. The Labute approximate surface area is 159 Å². The van der Waals surface area contributed by atoms with Crippen LogP contribution < -0.4 is 5.32 Å². The molecule has 4 heteroatoms. The number of nitrogens with one attached hydrogen (secondary N) is 1. The number of esters is 1. The van der Waals surface area contributed by atoms with Crippen molar-refractivity contribution < 1.29 is 14.3 Å². The summed E-state index contributed by atoms with van der Waals surface area (Å²) < 4.78 is 4.58. The van der Waals surface area contributed by atoms with E-state index in [1.165, 1.54) is 20.0 Å². The van der Waals surface area contributed by atoms with Crippen molar-refractivity contribution >= 4 is 11.9 Å². The number of rotatable bonds is 15. The average Bonchev–Trinajstić information content (AvgIpc) is 2.64. The van der Waals surface area contributed by atoms with Gasteiger partial charge in [-0.25, -0.2) is 4.79 Å². The normalized spacial score (nSPS) is 12.9. The highest BCUT2D eigenvalue weighted by molar-refractivity contribution is 5.83. The molecule has 0 aromatic heterocycles. The third kappa shape index (κ3) is 15.7. The first kappa shape index (κ1) is 24.2. The zero-order chi connectivity index (χ0) is 19.5. The highest BCUT2D eigenvalue weighted by Crippen LogP contribution is 2.08. The van der Waals surface area contributed by atoms with Crippen LogP contribution in [0, 0.1) is 0 Å². The molecule has 0 spiro atoms. The van der Waals surface area contributed by atoms with Crippen molar-refractivity contribution in [2.75, 3.05) is 7.11 Å². The maximum absolute atomic E-state index is 11.7. The molecule has 1 atom stereocenters. The highest BCUT2D eigenvalue weighted by Gasteiger charge is 2.14. The zero-order valence-corrected chi connectivity index (χ0v) is 16.8. The second-order valence-electron chi connectivity index (χ2n) is 6.41. The molecule has 26 heavy (non-hydrogen) atoms. The number of amides is 1. The maximum atomic E-state index is 11.7. The van der Waals surface area contributed by atoms with Gasteiger partial charge in [0.15, 0.2) is 0 Å². The third-order valence-electron chi connectivity index (χ3n) is 3.99. The highest BCUT2D eigenvalue weighted by atomic mass is 16.5. The summed E-state index contributed by atoms with van der Waals surface area (Å²) in [7, 11) is 1.32. The van der Waals surface area contributed by atoms with Gasteiger partial charge in [0, 0.05) is 6.42 Å². The van der Waals surface area contributed by atoms with E-state index in [-0.39, 0.29) is 5.91 Å². The van der Waals surface area contributed by atoms with Crippen LogP contribution in [0.3, 0.4) is 0 Å². The van der Waals surface area contributed by atoms with Crippen LogP contribution >= 0.6 is 0 Å². The number of hydrogen-bond donors (Lipinski definition) is 1. The lowest BCUT2D eigenvalue weighted by Crippen LogP contribution is -2.38. The Morgan fingerprint density at radius 1 is 0.885 bits per heavy atom. The van der Waals surface area contributed by atoms with Gasteiger partial charge in [-0.2, -0.15) is 0 Å².